The number of hydrogen-bond acceptors (Lipinski definition) is 4. The first-order chi connectivity index (χ1) is 12.4. The Morgan fingerprint density at radius 1 is 1.38 bits per heavy atom. The van der Waals surface area contributed by atoms with Crippen LogP contribution in [0.3, 0.4) is 0 Å². The highest BCUT2D eigenvalue weighted by molar-refractivity contribution is 5.76. The molecule has 2 N–H and O–H groups in total. The summed E-state index contributed by atoms with van der Waals surface area (Å²) in [4.78, 5) is 18.5. The third-order valence-corrected chi connectivity index (χ3v) is 5.21. The standard InChI is InChI=1S/C20H23FN2O3/c1-14-16(5-3-8-22-14)12-23-9-7-18(24)20(13-23,19(25)26)11-15-4-2-6-17(21)10-15/h2-6,8,10,18,24H,7,9,11-13H2,1H3,(H,25,26)/t18-,20+/m0/s1. The first kappa shape index (κ1) is 18.5. The number of pyridine rings is 1. The summed E-state index contributed by atoms with van der Waals surface area (Å²) in [6.07, 6.45) is 1.20. The van der Waals surface area contributed by atoms with Gasteiger partial charge in [-0.2, -0.15) is 0 Å². The van der Waals surface area contributed by atoms with E-state index in [1.807, 2.05) is 24.0 Å². The van der Waals surface area contributed by atoms with Crippen LogP contribution in [0.15, 0.2) is 42.6 Å². The second kappa shape index (κ2) is 7.51. The van der Waals surface area contributed by atoms with Gasteiger partial charge in [-0.25, -0.2) is 4.39 Å². The number of carboxylic acid groups (broad SMARTS) is 1. The Hall–Kier alpha value is -2.31. The molecule has 0 aliphatic carbocycles. The van der Waals surface area contributed by atoms with E-state index >= 15 is 0 Å². The van der Waals surface area contributed by atoms with Gasteiger partial charge >= 0.3 is 5.97 Å². The van der Waals surface area contributed by atoms with E-state index in [-0.39, 0.29) is 13.0 Å². The number of rotatable bonds is 5. The molecule has 1 aliphatic heterocycles. The zero-order valence-corrected chi connectivity index (χ0v) is 14.7. The van der Waals surface area contributed by atoms with Crippen molar-refractivity contribution in [3.63, 3.8) is 0 Å². The van der Waals surface area contributed by atoms with E-state index in [1.54, 1.807) is 18.3 Å². The van der Waals surface area contributed by atoms with Gasteiger partial charge in [-0.1, -0.05) is 18.2 Å². The Bertz CT molecular complexity index is 798. The second-order valence-electron chi connectivity index (χ2n) is 7.03. The molecule has 0 saturated carbocycles. The molecule has 0 radical (unpaired) electrons. The van der Waals surface area contributed by atoms with Crippen molar-refractivity contribution in [1.82, 2.24) is 9.88 Å². The zero-order valence-electron chi connectivity index (χ0n) is 14.7. The van der Waals surface area contributed by atoms with Crippen LogP contribution in [0.1, 0.15) is 23.2 Å². The molecule has 2 atom stereocenters. The maximum atomic E-state index is 13.5. The van der Waals surface area contributed by atoms with Crippen molar-refractivity contribution in [2.24, 2.45) is 5.41 Å². The molecular weight excluding hydrogens is 335 g/mol. The fourth-order valence-electron chi connectivity index (χ4n) is 3.70. The maximum Gasteiger partial charge on any atom is 0.313 e. The molecule has 26 heavy (non-hydrogen) atoms. The largest absolute Gasteiger partial charge is 0.481 e. The van der Waals surface area contributed by atoms with Crippen LogP contribution >= 0.6 is 0 Å². The maximum absolute atomic E-state index is 13.5. The molecule has 0 bridgehead atoms. The summed E-state index contributed by atoms with van der Waals surface area (Å²) in [5, 5.41) is 20.5. The minimum Gasteiger partial charge on any atom is -0.481 e. The predicted octanol–water partition coefficient (Wildman–Crippen LogP) is 2.41. The third-order valence-electron chi connectivity index (χ3n) is 5.21. The second-order valence-corrected chi connectivity index (χ2v) is 7.03. The van der Waals surface area contributed by atoms with Crippen molar-refractivity contribution in [1.29, 1.82) is 0 Å². The summed E-state index contributed by atoms with van der Waals surface area (Å²) in [6, 6.07) is 9.75. The number of aliphatic carboxylic acids is 1. The number of aryl methyl sites for hydroxylation is 1. The minimum absolute atomic E-state index is 0.0871. The lowest BCUT2D eigenvalue weighted by molar-refractivity contribution is -0.163. The van der Waals surface area contributed by atoms with E-state index in [2.05, 4.69) is 4.98 Å². The molecule has 1 aromatic heterocycles. The van der Waals surface area contributed by atoms with Gasteiger partial charge in [0.05, 0.1) is 6.10 Å². The minimum atomic E-state index is -1.36. The highest BCUT2D eigenvalue weighted by Crippen LogP contribution is 2.35. The number of halogens is 1. The summed E-state index contributed by atoms with van der Waals surface area (Å²) in [5.74, 6) is -1.46. The number of carbonyl (C=O) groups is 1. The molecule has 5 nitrogen and oxygen atoms in total. The zero-order chi connectivity index (χ0) is 18.7. The Labute approximate surface area is 152 Å². The normalized spacial score (nSPS) is 23.7. The molecule has 2 aromatic rings. The van der Waals surface area contributed by atoms with Gasteiger partial charge in [-0.3, -0.25) is 14.7 Å². The van der Waals surface area contributed by atoms with Crippen LogP contribution in [0, 0.1) is 18.2 Å². The van der Waals surface area contributed by atoms with E-state index < -0.39 is 23.3 Å². The molecule has 1 aliphatic rings. The van der Waals surface area contributed by atoms with Crippen LogP contribution in [-0.4, -0.2) is 45.3 Å². The third kappa shape index (κ3) is 3.76. The fraction of sp³-hybridized carbons (Fsp3) is 0.400. The van der Waals surface area contributed by atoms with Gasteiger partial charge < -0.3 is 10.2 Å². The Kier molecular flexibility index (Phi) is 5.34. The predicted molar refractivity (Wildman–Crippen MR) is 95.0 cm³/mol. The van der Waals surface area contributed by atoms with E-state index in [9.17, 15) is 19.4 Å². The van der Waals surface area contributed by atoms with Crippen molar-refractivity contribution in [3.8, 4) is 0 Å². The number of carboxylic acids is 1. The van der Waals surface area contributed by atoms with Crippen LogP contribution in [0.25, 0.3) is 0 Å². The van der Waals surface area contributed by atoms with Crippen LogP contribution < -0.4 is 0 Å². The molecule has 2 heterocycles. The summed E-state index contributed by atoms with van der Waals surface area (Å²) in [6.45, 7) is 3.30. The number of hydrogen-bond donors (Lipinski definition) is 2. The van der Waals surface area contributed by atoms with E-state index in [1.165, 1.54) is 12.1 Å². The molecular formula is C20H23FN2O3. The monoisotopic (exact) mass is 358 g/mol. The van der Waals surface area contributed by atoms with Crippen molar-refractivity contribution >= 4 is 5.97 Å². The number of nitrogens with zero attached hydrogens (tertiary/aromatic N) is 2. The summed E-state index contributed by atoms with van der Waals surface area (Å²) in [5.41, 5.74) is 1.16. The fourth-order valence-corrected chi connectivity index (χ4v) is 3.70. The molecule has 138 valence electrons. The Morgan fingerprint density at radius 3 is 2.88 bits per heavy atom. The molecule has 0 unspecified atom stereocenters. The topological polar surface area (TPSA) is 73.7 Å². The average Bonchev–Trinajstić information content (AvgIpc) is 2.60. The Morgan fingerprint density at radius 2 is 2.19 bits per heavy atom. The van der Waals surface area contributed by atoms with E-state index in [4.69, 9.17) is 0 Å². The summed E-state index contributed by atoms with van der Waals surface area (Å²) < 4.78 is 13.5. The quantitative estimate of drug-likeness (QED) is 0.859. The number of aliphatic hydroxyl groups excluding tert-OH is 1. The molecule has 0 spiro atoms. The number of aliphatic hydroxyl groups is 1. The lowest BCUT2D eigenvalue weighted by Gasteiger charge is -2.43. The number of likely N-dealkylation sites (tertiary alicyclic amines) is 1. The molecule has 3 rings (SSSR count). The summed E-state index contributed by atoms with van der Waals surface area (Å²) in [7, 11) is 0. The van der Waals surface area contributed by atoms with E-state index in [0.717, 1.165) is 11.3 Å². The van der Waals surface area contributed by atoms with Crippen molar-refractivity contribution in [2.75, 3.05) is 13.1 Å². The van der Waals surface area contributed by atoms with Crippen LogP contribution in [0.5, 0.6) is 0 Å². The van der Waals surface area contributed by atoms with Gasteiger partial charge in [0, 0.05) is 31.5 Å². The lowest BCUT2D eigenvalue weighted by Crippen LogP contribution is -2.56. The summed E-state index contributed by atoms with van der Waals surface area (Å²) >= 11 is 0. The SMILES string of the molecule is Cc1ncccc1CN1CC[C@H](O)[C@](Cc2cccc(F)c2)(C(=O)O)C1. The first-order valence-corrected chi connectivity index (χ1v) is 8.69. The molecule has 6 heteroatoms. The van der Waals surface area contributed by atoms with Crippen molar-refractivity contribution < 1.29 is 19.4 Å². The van der Waals surface area contributed by atoms with Gasteiger partial charge in [-0.15, -0.1) is 0 Å². The number of piperidine rings is 1. The molecule has 1 aromatic carbocycles. The highest BCUT2D eigenvalue weighted by Gasteiger charge is 2.49. The smallest absolute Gasteiger partial charge is 0.313 e. The van der Waals surface area contributed by atoms with Crippen molar-refractivity contribution in [3.05, 3.63) is 65.2 Å². The van der Waals surface area contributed by atoms with Crippen molar-refractivity contribution in [2.45, 2.75) is 32.4 Å². The first-order valence-electron chi connectivity index (χ1n) is 8.69. The lowest BCUT2D eigenvalue weighted by atomic mass is 9.72. The van der Waals surface area contributed by atoms with E-state index in [0.29, 0.717) is 25.1 Å². The van der Waals surface area contributed by atoms with Crippen LogP contribution in [-0.2, 0) is 17.8 Å². The van der Waals surface area contributed by atoms with Gasteiger partial charge in [0.25, 0.3) is 0 Å². The van der Waals surface area contributed by atoms with Gasteiger partial charge in [-0.05, 0) is 49.1 Å². The van der Waals surface area contributed by atoms with Crippen LogP contribution in [0.2, 0.25) is 0 Å². The van der Waals surface area contributed by atoms with Gasteiger partial charge in [0.2, 0.25) is 0 Å². The van der Waals surface area contributed by atoms with Gasteiger partial charge in [0.1, 0.15) is 11.2 Å². The van der Waals surface area contributed by atoms with Gasteiger partial charge in [0.15, 0.2) is 0 Å². The average molecular weight is 358 g/mol. The molecule has 1 saturated heterocycles. The van der Waals surface area contributed by atoms with Crippen LogP contribution in [0.4, 0.5) is 4.39 Å². The Balaban J connectivity index is 1.85. The highest BCUT2D eigenvalue weighted by atomic mass is 19.1. The molecule has 0 amide bonds. The molecule has 1 fully saturated rings. The number of aromatic nitrogens is 1. The number of benzene rings is 1.